The molecule has 31 heavy (non-hydrogen) atoms. The second-order valence-corrected chi connectivity index (χ2v) is 8.92. The van der Waals surface area contributed by atoms with Crippen molar-refractivity contribution < 1.29 is 18.7 Å². The van der Waals surface area contributed by atoms with Crippen molar-refractivity contribution in [3.8, 4) is 5.75 Å². The zero-order chi connectivity index (χ0) is 21.8. The van der Waals surface area contributed by atoms with Gasteiger partial charge in [0.1, 0.15) is 17.7 Å². The highest BCUT2D eigenvalue weighted by Gasteiger charge is 2.28. The molecule has 0 N–H and O–H groups in total. The summed E-state index contributed by atoms with van der Waals surface area (Å²) < 4.78 is 26.3. The maximum Gasteiger partial charge on any atom is 0.320 e. The number of likely N-dealkylation sites (tertiary alicyclic amines) is 1. The second-order valence-electron chi connectivity index (χ2n) is 8.92. The van der Waals surface area contributed by atoms with Crippen molar-refractivity contribution in [3.63, 3.8) is 0 Å². The van der Waals surface area contributed by atoms with Crippen LogP contribution < -0.4 is 9.64 Å². The third kappa shape index (κ3) is 5.41. The Morgan fingerprint density at radius 2 is 1.65 bits per heavy atom. The van der Waals surface area contributed by atoms with Crippen LogP contribution >= 0.6 is 0 Å². The number of piperidine rings is 1. The topological polar surface area (TPSA) is 48.5 Å². The average molecular weight is 435 g/mol. The number of benzene rings is 1. The van der Waals surface area contributed by atoms with Gasteiger partial charge >= 0.3 is 6.03 Å². The lowest BCUT2D eigenvalue weighted by Gasteiger charge is -2.39. The van der Waals surface area contributed by atoms with E-state index in [4.69, 9.17) is 9.47 Å². The third-order valence-electron chi connectivity index (χ3n) is 6.60. The van der Waals surface area contributed by atoms with E-state index in [0.29, 0.717) is 70.0 Å². The van der Waals surface area contributed by atoms with Crippen LogP contribution in [-0.4, -0.2) is 98.4 Å². The summed E-state index contributed by atoms with van der Waals surface area (Å²) in [7, 11) is 0. The molecule has 0 aliphatic carbocycles. The van der Waals surface area contributed by atoms with E-state index in [1.807, 2.05) is 26.8 Å². The SMILES string of the molecule is CC(C)N1CCC(Oc2ccc(N3CCN(C(=O)N4CCOCC4)CC3)c(F)c2)CC1. The fraction of sp³-hybridized carbons (Fsp3) is 0.696. The van der Waals surface area contributed by atoms with Crippen LogP contribution in [0.2, 0.25) is 0 Å². The lowest BCUT2D eigenvalue weighted by molar-refractivity contribution is 0.0428. The number of anilines is 1. The molecule has 3 saturated heterocycles. The number of urea groups is 1. The first-order valence-corrected chi connectivity index (χ1v) is 11.6. The molecule has 0 atom stereocenters. The van der Waals surface area contributed by atoms with Crippen LogP contribution in [0.15, 0.2) is 18.2 Å². The third-order valence-corrected chi connectivity index (χ3v) is 6.60. The van der Waals surface area contributed by atoms with Crippen molar-refractivity contribution in [2.24, 2.45) is 0 Å². The summed E-state index contributed by atoms with van der Waals surface area (Å²) in [4.78, 5) is 20.8. The number of ether oxygens (including phenoxy) is 2. The minimum Gasteiger partial charge on any atom is -0.490 e. The number of hydrogen-bond donors (Lipinski definition) is 0. The zero-order valence-corrected chi connectivity index (χ0v) is 18.8. The molecule has 172 valence electrons. The molecule has 2 amide bonds. The normalized spacial score (nSPS) is 21.6. The van der Waals surface area contributed by atoms with Crippen LogP contribution in [0.1, 0.15) is 26.7 Å². The smallest absolute Gasteiger partial charge is 0.320 e. The fourth-order valence-corrected chi connectivity index (χ4v) is 4.61. The lowest BCUT2D eigenvalue weighted by Crippen LogP contribution is -2.55. The molecular weight excluding hydrogens is 399 g/mol. The van der Waals surface area contributed by atoms with Crippen LogP contribution in [0.3, 0.4) is 0 Å². The van der Waals surface area contributed by atoms with E-state index in [1.165, 1.54) is 6.07 Å². The Kier molecular flexibility index (Phi) is 7.17. The monoisotopic (exact) mass is 434 g/mol. The molecule has 0 saturated carbocycles. The number of piperazine rings is 1. The van der Waals surface area contributed by atoms with Crippen molar-refractivity contribution >= 4 is 11.7 Å². The van der Waals surface area contributed by atoms with Crippen molar-refractivity contribution in [3.05, 3.63) is 24.0 Å². The first kappa shape index (κ1) is 22.1. The van der Waals surface area contributed by atoms with Gasteiger partial charge in [0, 0.05) is 64.5 Å². The van der Waals surface area contributed by atoms with Gasteiger partial charge in [-0.3, -0.25) is 0 Å². The largest absolute Gasteiger partial charge is 0.490 e. The number of amides is 2. The van der Waals surface area contributed by atoms with Gasteiger partial charge in [-0.1, -0.05) is 0 Å². The number of nitrogens with zero attached hydrogens (tertiary/aromatic N) is 4. The predicted molar refractivity (Wildman–Crippen MR) is 118 cm³/mol. The van der Waals surface area contributed by atoms with Gasteiger partial charge in [0.05, 0.1) is 18.9 Å². The Morgan fingerprint density at radius 3 is 2.26 bits per heavy atom. The Balaban J connectivity index is 1.28. The summed E-state index contributed by atoms with van der Waals surface area (Å²) in [6, 6.07) is 5.82. The summed E-state index contributed by atoms with van der Waals surface area (Å²) >= 11 is 0. The summed E-state index contributed by atoms with van der Waals surface area (Å²) in [5.41, 5.74) is 0.584. The summed E-state index contributed by atoms with van der Waals surface area (Å²) in [6.07, 6.45) is 2.09. The first-order chi connectivity index (χ1) is 15.0. The number of carbonyl (C=O) groups excluding carboxylic acids is 1. The maximum absolute atomic E-state index is 14.9. The molecule has 3 fully saturated rings. The van der Waals surface area contributed by atoms with E-state index in [-0.39, 0.29) is 18.0 Å². The molecule has 3 aliphatic rings. The maximum atomic E-state index is 14.9. The van der Waals surface area contributed by atoms with Gasteiger partial charge in [0.2, 0.25) is 0 Å². The molecule has 8 heteroatoms. The number of rotatable bonds is 4. The molecule has 3 aliphatic heterocycles. The van der Waals surface area contributed by atoms with Gasteiger partial charge in [-0.05, 0) is 38.8 Å². The standard InChI is InChI=1S/C23H35FN4O3/c1-18(2)25-7-5-19(6-8-25)31-20-3-4-22(21(24)17-20)26-9-11-27(12-10-26)23(29)28-13-15-30-16-14-28/h3-4,17-19H,5-16H2,1-2H3. The van der Waals surface area contributed by atoms with Crippen LogP contribution in [0.25, 0.3) is 0 Å². The van der Waals surface area contributed by atoms with Gasteiger partial charge < -0.3 is 29.1 Å². The minimum absolute atomic E-state index is 0.0654. The van der Waals surface area contributed by atoms with E-state index in [9.17, 15) is 9.18 Å². The van der Waals surface area contributed by atoms with Crippen LogP contribution in [-0.2, 0) is 4.74 Å². The van der Waals surface area contributed by atoms with Crippen molar-refractivity contribution in [1.29, 1.82) is 0 Å². The molecule has 0 radical (unpaired) electrons. The van der Waals surface area contributed by atoms with E-state index in [0.717, 1.165) is 25.9 Å². The van der Waals surface area contributed by atoms with Crippen LogP contribution in [0, 0.1) is 5.82 Å². The van der Waals surface area contributed by atoms with Crippen molar-refractivity contribution in [2.45, 2.75) is 38.8 Å². The summed E-state index contributed by atoms with van der Waals surface area (Å²) in [5, 5.41) is 0. The Hall–Kier alpha value is -2.06. The molecule has 4 rings (SSSR count). The van der Waals surface area contributed by atoms with Gasteiger partial charge in [-0.15, -0.1) is 0 Å². The minimum atomic E-state index is -0.259. The van der Waals surface area contributed by atoms with E-state index >= 15 is 0 Å². The van der Waals surface area contributed by atoms with Crippen molar-refractivity contribution in [1.82, 2.24) is 14.7 Å². The van der Waals surface area contributed by atoms with Crippen LogP contribution in [0.5, 0.6) is 5.75 Å². The van der Waals surface area contributed by atoms with Gasteiger partial charge in [-0.2, -0.15) is 0 Å². The molecule has 3 heterocycles. The quantitative estimate of drug-likeness (QED) is 0.729. The van der Waals surface area contributed by atoms with Crippen molar-refractivity contribution in [2.75, 3.05) is 70.5 Å². The molecule has 0 spiro atoms. The Morgan fingerprint density at radius 1 is 1.00 bits per heavy atom. The van der Waals surface area contributed by atoms with E-state index in [2.05, 4.69) is 18.7 Å². The van der Waals surface area contributed by atoms with Crippen LogP contribution in [0.4, 0.5) is 14.9 Å². The second kappa shape index (κ2) is 10.0. The number of carbonyl (C=O) groups is 1. The lowest BCUT2D eigenvalue weighted by atomic mass is 10.1. The predicted octanol–water partition coefficient (Wildman–Crippen LogP) is 2.65. The van der Waals surface area contributed by atoms with E-state index < -0.39 is 0 Å². The fourth-order valence-electron chi connectivity index (χ4n) is 4.61. The van der Waals surface area contributed by atoms with Gasteiger partial charge in [0.25, 0.3) is 0 Å². The highest BCUT2D eigenvalue weighted by Crippen LogP contribution is 2.27. The molecule has 0 aromatic heterocycles. The molecule has 0 bridgehead atoms. The highest BCUT2D eigenvalue weighted by molar-refractivity contribution is 5.75. The molecule has 7 nitrogen and oxygen atoms in total. The highest BCUT2D eigenvalue weighted by atomic mass is 19.1. The summed E-state index contributed by atoms with van der Waals surface area (Å²) in [6.45, 7) is 11.4. The summed E-state index contributed by atoms with van der Waals surface area (Å²) in [5.74, 6) is 0.343. The molecular formula is C23H35FN4O3. The Labute approximate surface area is 184 Å². The first-order valence-electron chi connectivity index (χ1n) is 11.6. The van der Waals surface area contributed by atoms with Gasteiger partial charge in [-0.25, -0.2) is 9.18 Å². The number of halogens is 1. The zero-order valence-electron chi connectivity index (χ0n) is 18.8. The molecule has 0 unspecified atom stereocenters. The molecule has 1 aromatic rings. The van der Waals surface area contributed by atoms with Gasteiger partial charge in [0.15, 0.2) is 0 Å². The number of hydrogen-bond acceptors (Lipinski definition) is 5. The number of morpholine rings is 1. The van der Waals surface area contributed by atoms with E-state index in [1.54, 1.807) is 0 Å². The Bertz CT molecular complexity index is 740. The molecule has 1 aromatic carbocycles. The average Bonchev–Trinajstić information content (AvgIpc) is 2.80.